The molecule has 0 spiro atoms. The Morgan fingerprint density at radius 3 is 2.85 bits per heavy atom. The monoisotopic (exact) mass is 276 g/mol. The molecule has 0 amide bonds. The van der Waals surface area contributed by atoms with Gasteiger partial charge >= 0.3 is 5.97 Å². The molecule has 0 aliphatic rings. The lowest BCUT2D eigenvalue weighted by Crippen LogP contribution is -2.09. The van der Waals surface area contributed by atoms with Gasteiger partial charge in [-0.2, -0.15) is 0 Å². The summed E-state index contributed by atoms with van der Waals surface area (Å²) in [5, 5.41) is 9.12. The fraction of sp³-hybridized carbons (Fsp3) is 0.286. The number of carboxylic acid groups (broad SMARTS) is 1. The van der Waals surface area contributed by atoms with Crippen molar-refractivity contribution in [3.8, 4) is 11.5 Å². The molecule has 0 saturated carbocycles. The van der Waals surface area contributed by atoms with Gasteiger partial charge in [-0.25, -0.2) is 9.78 Å². The summed E-state index contributed by atoms with van der Waals surface area (Å²) >= 11 is 0. The quantitative estimate of drug-likeness (QED) is 0.870. The van der Waals surface area contributed by atoms with E-state index in [0.717, 1.165) is 5.82 Å². The maximum Gasteiger partial charge on any atom is 0.339 e. The number of carboxylic acids is 1. The Bertz CT molecular complexity index is 607. The van der Waals surface area contributed by atoms with Crippen LogP contribution in [0.15, 0.2) is 30.6 Å². The standard InChI is InChI=1S/C14H16N2O4/c1-16-7-6-15-13(16)5-8-20-12-9-10(19-2)3-4-11(12)14(17)18/h3-4,6-7,9H,5,8H2,1-2H3,(H,17,18). The van der Waals surface area contributed by atoms with Gasteiger partial charge in [0, 0.05) is 31.9 Å². The van der Waals surface area contributed by atoms with E-state index in [0.29, 0.717) is 24.5 Å². The molecule has 0 fully saturated rings. The number of benzene rings is 1. The maximum absolute atomic E-state index is 11.1. The number of nitrogens with zero attached hydrogens (tertiary/aromatic N) is 2. The molecule has 2 rings (SSSR count). The van der Waals surface area contributed by atoms with E-state index in [2.05, 4.69) is 4.98 Å². The summed E-state index contributed by atoms with van der Waals surface area (Å²) in [5.41, 5.74) is 0.116. The molecule has 6 nitrogen and oxygen atoms in total. The molecular formula is C14H16N2O4. The minimum absolute atomic E-state index is 0.116. The molecule has 0 saturated heterocycles. The van der Waals surface area contributed by atoms with Crippen molar-refractivity contribution in [3.05, 3.63) is 42.0 Å². The van der Waals surface area contributed by atoms with E-state index in [1.165, 1.54) is 13.2 Å². The van der Waals surface area contributed by atoms with Crippen molar-refractivity contribution in [3.63, 3.8) is 0 Å². The third-order valence-corrected chi connectivity index (χ3v) is 2.92. The highest BCUT2D eigenvalue weighted by atomic mass is 16.5. The topological polar surface area (TPSA) is 73.6 Å². The molecule has 1 aromatic carbocycles. The molecule has 1 aromatic heterocycles. The zero-order valence-corrected chi connectivity index (χ0v) is 11.4. The number of hydrogen-bond donors (Lipinski definition) is 1. The highest BCUT2D eigenvalue weighted by Crippen LogP contribution is 2.25. The molecule has 0 aliphatic heterocycles. The number of methoxy groups -OCH3 is 1. The van der Waals surface area contributed by atoms with Gasteiger partial charge in [-0.3, -0.25) is 0 Å². The van der Waals surface area contributed by atoms with Crippen molar-refractivity contribution >= 4 is 5.97 Å². The summed E-state index contributed by atoms with van der Waals surface area (Å²) in [6, 6.07) is 4.63. The molecule has 0 atom stereocenters. The zero-order valence-electron chi connectivity index (χ0n) is 11.4. The molecule has 20 heavy (non-hydrogen) atoms. The number of aryl methyl sites for hydroxylation is 1. The predicted octanol–water partition coefficient (Wildman–Crippen LogP) is 1.75. The van der Waals surface area contributed by atoms with Gasteiger partial charge in [0.15, 0.2) is 0 Å². The number of aromatic nitrogens is 2. The molecule has 6 heteroatoms. The van der Waals surface area contributed by atoms with Crippen LogP contribution in [0, 0.1) is 0 Å². The van der Waals surface area contributed by atoms with Crippen molar-refractivity contribution in [1.82, 2.24) is 9.55 Å². The Kier molecular flexibility index (Phi) is 4.24. The molecule has 0 unspecified atom stereocenters. The minimum Gasteiger partial charge on any atom is -0.497 e. The molecule has 0 aliphatic carbocycles. The third-order valence-electron chi connectivity index (χ3n) is 2.92. The number of ether oxygens (including phenoxy) is 2. The first kappa shape index (κ1) is 13.9. The lowest BCUT2D eigenvalue weighted by atomic mass is 10.2. The summed E-state index contributed by atoms with van der Waals surface area (Å²) in [7, 11) is 3.42. The van der Waals surface area contributed by atoms with Gasteiger partial charge in [-0.1, -0.05) is 0 Å². The van der Waals surface area contributed by atoms with Crippen LogP contribution in [0.25, 0.3) is 0 Å². The van der Waals surface area contributed by atoms with Crippen LogP contribution in [0.5, 0.6) is 11.5 Å². The average molecular weight is 276 g/mol. The first-order chi connectivity index (χ1) is 9.61. The van der Waals surface area contributed by atoms with Gasteiger partial charge in [0.05, 0.1) is 13.7 Å². The van der Waals surface area contributed by atoms with Crippen molar-refractivity contribution in [2.75, 3.05) is 13.7 Å². The van der Waals surface area contributed by atoms with Gasteiger partial charge in [0.2, 0.25) is 0 Å². The van der Waals surface area contributed by atoms with E-state index in [1.54, 1.807) is 18.3 Å². The van der Waals surface area contributed by atoms with Gasteiger partial charge < -0.3 is 19.1 Å². The number of hydrogen-bond acceptors (Lipinski definition) is 4. The second kappa shape index (κ2) is 6.10. The summed E-state index contributed by atoms with van der Waals surface area (Å²) in [6.07, 6.45) is 4.16. The Labute approximate surface area is 116 Å². The van der Waals surface area contributed by atoms with Gasteiger partial charge in [0.1, 0.15) is 22.9 Å². The molecular weight excluding hydrogens is 260 g/mol. The van der Waals surface area contributed by atoms with Gasteiger partial charge in [-0.15, -0.1) is 0 Å². The first-order valence-corrected chi connectivity index (χ1v) is 6.12. The summed E-state index contributed by atoms with van der Waals surface area (Å²) in [6.45, 7) is 0.346. The molecule has 1 heterocycles. The minimum atomic E-state index is -1.03. The fourth-order valence-electron chi connectivity index (χ4n) is 1.82. The number of aromatic carboxylic acids is 1. The predicted molar refractivity (Wildman–Crippen MR) is 72.4 cm³/mol. The van der Waals surface area contributed by atoms with E-state index in [9.17, 15) is 4.79 Å². The first-order valence-electron chi connectivity index (χ1n) is 6.12. The van der Waals surface area contributed by atoms with Gasteiger partial charge in [-0.05, 0) is 12.1 Å². The van der Waals surface area contributed by atoms with E-state index < -0.39 is 5.97 Å². The van der Waals surface area contributed by atoms with Crippen LogP contribution in [-0.2, 0) is 13.5 Å². The maximum atomic E-state index is 11.1. The highest BCUT2D eigenvalue weighted by Gasteiger charge is 2.12. The molecule has 1 N–H and O–H groups in total. The normalized spacial score (nSPS) is 10.3. The van der Waals surface area contributed by atoms with E-state index in [1.807, 2.05) is 17.8 Å². The van der Waals surface area contributed by atoms with Crippen molar-refractivity contribution in [1.29, 1.82) is 0 Å². The van der Waals surface area contributed by atoms with E-state index >= 15 is 0 Å². The van der Waals surface area contributed by atoms with Crippen LogP contribution >= 0.6 is 0 Å². The van der Waals surface area contributed by atoms with Crippen LogP contribution in [0.1, 0.15) is 16.2 Å². The smallest absolute Gasteiger partial charge is 0.339 e. The van der Waals surface area contributed by atoms with Crippen molar-refractivity contribution < 1.29 is 19.4 Å². The lowest BCUT2D eigenvalue weighted by Gasteiger charge is -2.10. The van der Waals surface area contributed by atoms with Crippen LogP contribution in [-0.4, -0.2) is 34.3 Å². The van der Waals surface area contributed by atoms with Crippen LogP contribution in [0.3, 0.4) is 0 Å². The fourth-order valence-corrected chi connectivity index (χ4v) is 1.82. The SMILES string of the molecule is COc1ccc(C(=O)O)c(OCCc2nccn2C)c1. The Balaban J connectivity index is 2.07. The van der Waals surface area contributed by atoms with E-state index in [4.69, 9.17) is 14.6 Å². The molecule has 2 aromatic rings. The van der Waals surface area contributed by atoms with Crippen LogP contribution in [0.2, 0.25) is 0 Å². The summed E-state index contributed by atoms with van der Waals surface area (Å²) in [4.78, 5) is 15.3. The van der Waals surface area contributed by atoms with Crippen LogP contribution in [0.4, 0.5) is 0 Å². The summed E-state index contributed by atoms with van der Waals surface area (Å²) < 4.78 is 12.5. The second-order valence-electron chi connectivity index (χ2n) is 4.22. The summed E-state index contributed by atoms with van der Waals surface area (Å²) in [5.74, 6) is 0.706. The number of carbonyl (C=O) groups is 1. The zero-order chi connectivity index (χ0) is 14.5. The van der Waals surface area contributed by atoms with E-state index in [-0.39, 0.29) is 5.56 Å². The van der Waals surface area contributed by atoms with Crippen molar-refractivity contribution in [2.45, 2.75) is 6.42 Å². The Morgan fingerprint density at radius 1 is 1.45 bits per heavy atom. The third kappa shape index (κ3) is 3.09. The molecule has 0 bridgehead atoms. The molecule has 0 radical (unpaired) electrons. The average Bonchev–Trinajstić information content (AvgIpc) is 2.84. The Hall–Kier alpha value is -2.50. The number of imidazole rings is 1. The second-order valence-corrected chi connectivity index (χ2v) is 4.22. The number of rotatable bonds is 6. The highest BCUT2D eigenvalue weighted by molar-refractivity contribution is 5.91. The van der Waals surface area contributed by atoms with Crippen LogP contribution < -0.4 is 9.47 Å². The van der Waals surface area contributed by atoms with Crippen molar-refractivity contribution in [2.24, 2.45) is 7.05 Å². The molecule has 106 valence electrons. The lowest BCUT2D eigenvalue weighted by molar-refractivity contribution is 0.0692. The largest absolute Gasteiger partial charge is 0.497 e. The Morgan fingerprint density at radius 2 is 2.25 bits per heavy atom. The van der Waals surface area contributed by atoms with Gasteiger partial charge in [0.25, 0.3) is 0 Å².